The smallest absolute Gasteiger partial charge is 0.0164 e. The highest BCUT2D eigenvalue weighted by Crippen LogP contribution is 2.48. The average molecular weight is 132 g/mol. The Balaban J connectivity index is 2.07. The van der Waals surface area contributed by atoms with Crippen molar-refractivity contribution in [3.63, 3.8) is 0 Å². The van der Waals surface area contributed by atoms with Gasteiger partial charge in [-0.25, -0.2) is 0 Å². The van der Waals surface area contributed by atoms with Crippen LogP contribution < -0.4 is 0 Å². The lowest BCUT2D eigenvalue weighted by Gasteiger charge is -2.26. The van der Waals surface area contributed by atoms with Crippen LogP contribution in [0.25, 0.3) is 0 Å². The van der Waals surface area contributed by atoms with Crippen LogP contribution in [-0.2, 0) is 0 Å². The number of hydrogen-bond acceptors (Lipinski definition) is 0. The van der Waals surface area contributed by atoms with Gasteiger partial charge in [0.2, 0.25) is 0 Å². The molecule has 0 amide bonds. The number of fused-ring (bicyclic) bond motifs is 6. The van der Waals surface area contributed by atoms with Crippen molar-refractivity contribution >= 4 is 0 Å². The third-order valence-corrected chi connectivity index (χ3v) is 3.40. The van der Waals surface area contributed by atoms with Gasteiger partial charge in [0.25, 0.3) is 0 Å². The van der Waals surface area contributed by atoms with Gasteiger partial charge in [0, 0.05) is 0 Å². The van der Waals surface area contributed by atoms with E-state index in [0.29, 0.717) is 0 Å². The Hall–Kier alpha value is -0.520. The topological polar surface area (TPSA) is 0 Å². The van der Waals surface area contributed by atoms with Gasteiger partial charge in [-0.1, -0.05) is 24.3 Å². The van der Waals surface area contributed by atoms with E-state index in [1.54, 1.807) is 0 Å². The van der Waals surface area contributed by atoms with Gasteiger partial charge in [-0.2, -0.15) is 0 Å². The second kappa shape index (κ2) is 1.55. The van der Waals surface area contributed by atoms with Crippen molar-refractivity contribution in [3.05, 3.63) is 24.3 Å². The first-order valence-electron chi connectivity index (χ1n) is 4.30. The van der Waals surface area contributed by atoms with Crippen LogP contribution >= 0.6 is 0 Å². The molecule has 0 aromatic rings. The van der Waals surface area contributed by atoms with Crippen LogP contribution in [-0.4, -0.2) is 0 Å². The summed E-state index contributed by atoms with van der Waals surface area (Å²) in [5.74, 6) is 3.67. The molecular weight excluding hydrogens is 120 g/mol. The molecule has 3 rings (SSSR count). The SMILES string of the molecule is C1=CC2CC1C1C=CC2C1. The molecule has 0 nitrogen and oxygen atoms in total. The molecule has 1 fully saturated rings. The highest BCUT2D eigenvalue weighted by Gasteiger charge is 2.39. The highest BCUT2D eigenvalue weighted by atomic mass is 14.4. The Kier molecular flexibility index (Phi) is 0.803. The maximum atomic E-state index is 2.44. The zero-order chi connectivity index (χ0) is 6.55. The average Bonchev–Trinajstić information content (AvgIpc) is 2.41. The lowest BCUT2D eigenvalue weighted by atomic mass is 9.78. The maximum absolute atomic E-state index is 2.44. The molecule has 3 aliphatic carbocycles. The van der Waals surface area contributed by atoms with Crippen molar-refractivity contribution < 1.29 is 0 Å². The fraction of sp³-hybridized carbons (Fsp3) is 0.600. The fourth-order valence-electron chi connectivity index (χ4n) is 2.78. The highest BCUT2D eigenvalue weighted by molar-refractivity contribution is 5.20. The van der Waals surface area contributed by atoms with Gasteiger partial charge in [-0.15, -0.1) is 0 Å². The fourth-order valence-corrected chi connectivity index (χ4v) is 2.78. The second-order valence-corrected chi connectivity index (χ2v) is 3.90. The second-order valence-electron chi connectivity index (χ2n) is 3.90. The van der Waals surface area contributed by atoms with Crippen molar-refractivity contribution in [2.75, 3.05) is 0 Å². The zero-order valence-corrected chi connectivity index (χ0v) is 6.03. The van der Waals surface area contributed by atoms with Crippen molar-refractivity contribution in [2.24, 2.45) is 23.7 Å². The van der Waals surface area contributed by atoms with Crippen molar-refractivity contribution in [1.82, 2.24) is 0 Å². The molecule has 4 atom stereocenters. The molecule has 52 valence electrons. The van der Waals surface area contributed by atoms with Gasteiger partial charge >= 0.3 is 0 Å². The summed E-state index contributed by atoms with van der Waals surface area (Å²) in [7, 11) is 0. The lowest BCUT2D eigenvalue weighted by Crippen LogP contribution is -2.19. The minimum Gasteiger partial charge on any atom is -0.0845 e. The van der Waals surface area contributed by atoms with Crippen LogP contribution in [0.4, 0.5) is 0 Å². The van der Waals surface area contributed by atoms with Gasteiger partial charge in [-0.05, 0) is 36.5 Å². The summed E-state index contributed by atoms with van der Waals surface area (Å²) < 4.78 is 0. The maximum Gasteiger partial charge on any atom is -0.0164 e. The van der Waals surface area contributed by atoms with Gasteiger partial charge in [-0.3, -0.25) is 0 Å². The van der Waals surface area contributed by atoms with Gasteiger partial charge < -0.3 is 0 Å². The molecule has 10 heavy (non-hydrogen) atoms. The van der Waals surface area contributed by atoms with Crippen LogP contribution in [0, 0.1) is 23.7 Å². The van der Waals surface area contributed by atoms with Crippen LogP contribution in [0.2, 0.25) is 0 Å². The first-order chi connectivity index (χ1) is 4.93. The minimum atomic E-state index is 0.917. The van der Waals surface area contributed by atoms with Gasteiger partial charge in [0.15, 0.2) is 0 Å². The summed E-state index contributed by atoms with van der Waals surface area (Å²) in [5.41, 5.74) is 0. The number of rotatable bonds is 0. The van der Waals surface area contributed by atoms with E-state index in [1.165, 1.54) is 12.8 Å². The van der Waals surface area contributed by atoms with Crippen molar-refractivity contribution in [1.29, 1.82) is 0 Å². The van der Waals surface area contributed by atoms with E-state index in [1.807, 2.05) is 0 Å². The summed E-state index contributed by atoms with van der Waals surface area (Å²) in [4.78, 5) is 0. The summed E-state index contributed by atoms with van der Waals surface area (Å²) in [5, 5.41) is 0. The molecule has 0 aromatic heterocycles. The molecule has 0 radical (unpaired) electrons. The van der Waals surface area contributed by atoms with Crippen molar-refractivity contribution in [3.8, 4) is 0 Å². The van der Waals surface area contributed by atoms with Crippen LogP contribution in [0.3, 0.4) is 0 Å². The largest absolute Gasteiger partial charge is 0.0845 e. The molecule has 0 heterocycles. The van der Waals surface area contributed by atoms with E-state index >= 15 is 0 Å². The number of hydrogen-bond donors (Lipinski definition) is 0. The molecule has 4 bridgehead atoms. The summed E-state index contributed by atoms with van der Waals surface area (Å²) in [6.45, 7) is 0. The monoisotopic (exact) mass is 132 g/mol. The zero-order valence-electron chi connectivity index (χ0n) is 6.03. The molecule has 3 aliphatic rings. The Morgan fingerprint density at radius 2 is 0.900 bits per heavy atom. The van der Waals surface area contributed by atoms with Crippen LogP contribution in [0.15, 0.2) is 24.3 Å². The Morgan fingerprint density at radius 1 is 0.600 bits per heavy atom. The molecule has 0 saturated heterocycles. The van der Waals surface area contributed by atoms with E-state index in [0.717, 1.165) is 23.7 Å². The first kappa shape index (κ1) is 5.17. The molecule has 0 N–H and O–H groups in total. The Morgan fingerprint density at radius 3 is 1.20 bits per heavy atom. The summed E-state index contributed by atoms with van der Waals surface area (Å²) in [6.07, 6.45) is 12.7. The van der Waals surface area contributed by atoms with E-state index in [-0.39, 0.29) is 0 Å². The predicted molar refractivity (Wildman–Crippen MR) is 41.5 cm³/mol. The molecule has 0 aromatic carbocycles. The minimum absolute atomic E-state index is 0.917. The third kappa shape index (κ3) is 0.484. The molecule has 4 unspecified atom stereocenters. The lowest BCUT2D eigenvalue weighted by molar-refractivity contribution is 0.281. The molecule has 0 heteroatoms. The Labute approximate surface area is 61.6 Å². The molecule has 0 aliphatic heterocycles. The predicted octanol–water partition coefficient (Wildman–Crippen LogP) is 2.38. The third-order valence-electron chi connectivity index (χ3n) is 3.40. The normalized spacial score (nSPS) is 54.4. The standard InChI is InChI=1S/C10H12/c1-2-8-5-7(1)9-3-4-10(8)6-9/h1-4,7-10H,5-6H2. The van der Waals surface area contributed by atoms with E-state index in [4.69, 9.17) is 0 Å². The van der Waals surface area contributed by atoms with Crippen LogP contribution in [0.1, 0.15) is 12.8 Å². The summed E-state index contributed by atoms with van der Waals surface area (Å²) >= 11 is 0. The van der Waals surface area contributed by atoms with Crippen LogP contribution in [0.5, 0.6) is 0 Å². The van der Waals surface area contributed by atoms with E-state index < -0.39 is 0 Å². The van der Waals surface area contributed by atoms with E-state index in [9.17, 15) is 0 Å². The molecular formula is C10H12. The van der Waals surface area contributed by atoms with Gasteiger partial charge in [0.05, 0.1) is 0 Å². The van der Waals surface area contributed by atoms with Gasteiger partial charge in [0.1, 0.15) is 0 Å². The quantitative estimate of drug-likeness (QED) is 0.444. The number of allylic oxidation sites excluding steroid dienone is 4. The molecule has 0 spiro atoms. The van der Waals surface area contributed by atoms with Crippen molar-refractivity contribution in [2.45, 2.75) is 12.8 Å². The molecule has 1 saturated carbocycles. The summed E-state index contributed by atoms with van der Waals surface area (Å²) in [6, 6.07) is 0. The first-order valence-corrected chi connectivity index (χ1v) is 4.30. The Bertz CT molecular complexity index is 168. The van der Waals surface area contributed by atoms with E-state index in [2.05, 4.69) is 24.3 Å².